The van der Waals surface area contributed by atoms with E-state index >= 15 is 0 Å². The summed E-state index contributed by atoms with van der Waals surface area (Å²) in [4.78, 5) is 4.11. The molecule has 1 N–H and O–H groups in total. The molecule has 0 amide bonds. The van der Waals surface area contributed by atoms with Crippen LogP contribution in [0, 0.1) is 0 Å². The molecule has 0 atom stereocenters. The van der Waals surface area contributed by atoms with Crippen LogP contribution in [0.3, 0.4) is 0 Å². The van der Waals surface area contributed by atoms with Crippen molar-refractivity contribution in [3.05, 3.63) is 91.3 Å². The first kappa shape index (κ1) is 15.8. The third-order valence-electron chi connectivity index (χ3n) is 3.78. The summed E-state index contributed by atoms with van der Waals surface area (Å²) in [5.74, 6) is 0.637. The van der Waals surface area contributed by atoms with Gasteiger partial charge in [0.05, 0.1) is 0 Å². The molecule has 3 rings (SSSR count). The van der Waals surface area contributed by atoms with E-state index in [2.05, 4.69) is 77.6 Å². The summed E-state index contributed by atoms with van der Waals surface area (Å²) in [6, 6.07) is 27.3. The molecule has 0 aliphatic rings. The first-order valence-electron chi connectivity index (χ1n) is 7.97. The molecular formula is C22H20N2. The predicted molar refractivity (Wildman–Crippen MR) is 104 cm³/mol. The van der Waals surface area contributed by atoms with Gasteiger partial charge >= 0.3 is 0 Å². The van der Waals surface area contributed by atoms with E-state index in [9.17, 15) is 0 Å². The summed E-state index contributed by atoms with van der Waals surface area (Å²) in [5.41, 5.74) is 5.83. The molecule has 0 aliphatic carbocycles. The Morgan fingerprint density at radius 2 is 1.21 bits per heavy atom. The molecule has 0 aliphatic heterocycles. The number of hydrogen-bond donors (Lipinski definition) is 1. The Bertz CT molecular complexity index is 829. The Balaban J connectivity index is 1.76. The number of hydrogen-bond acceptors (Lipinski definition) is 2. The zero-order valence-electron chi connectivity index (χ0n) is 13.7. The van der Waals surface area contributed by atoms with Gasteiger partial charge in [0.15, 0.2) is 0 Å². The van der Waals surface area contributed by atoms with Crippen molar-refractivity contribution in [2.45, 2.75) is 6.92 Å². The molecule has 0 spiro atoms. The normalized spacial score (nSPS) is 10.7. The van der Waals surface area contributed by atoms with E-state index in [1.165, 1.54) is 22.3 Å². The van der Waals surface area contributed by atoms with E-state index in [1.807, 2.05) is 25.1 Å². The van der Waals surface area contributed by atoms with E-state index in [1.54, 1.807) is 6.21 Å². The number of nitrogens with zero attached hydrogens (tertiary/aromatic N) is 1. The molecule has 2 heteroatoms. The minimum Gasteiger partial charge on any atom is -0.341 e. The molecule has 0 radical (unpaired) electrons. The summed E-state index contributed by atoms with van der Waals surface area (Å²) in [6.07, 6.45) is 1.72. The summed E-state index contributed by atoms with van der Waals surface area (Å²) in [5, 5.41) is 3.16. The van der Waals surface area contributed by atoms with Crippen LogP contribution in [0.25, 0.3) is 22.3 Å². The van der Waals surface area contributed by atoms with Crippen LogP contribution in [0.4, 0.5) is 5.69 Å². The van der Waals surface area contributed by atoms with E-state index in [0.29, 0.717) is 5.82 Å². The van der Waals surface area contributed by atoms with Crippen LogP contribution in [0.1, 0.15) is 6.92 Å². The van der Waals surface area contributed by atoms with Gasteiger partial charge < -0.3 is 5.32 Å². The molecule has 0 unspecified atom stereocenters. The van der Waals surface area contributed by atoms with Crippen molar-refractivity contribution in [3.63, 3.8) is 0 Å². The van der Waals surface area contributed by atoms with Gasteiger partial charge in [-0.05, 0) is 41.3 Å². The fourth-order valence-corrected chi connectivity index (χ4v) is 2.59. The Hall–Kier alpha value is -3.13. The molecule has 118 valence electrons. The molecule has 0 heterocycles. The smallest absolute Gasteiger partial charge is 0.122 e. The van der Waals surface area contributed by atoms with Crippen molar-refractivity contribution in [2.75, 3.05) is 5.32 Å². The molecule has 3 aromatic carbocycles. The first-order chi connectivity index (χ1) is 11.8. The van der Waals surface area contributed by atoms with Gasteiger partial charge in [-0.25, -0.2) is 4.99 Å². The maximum absolute atomic E-state index is 4.11. The van der Waals surface area contributed by atoms with E-state index < -0.39 is 0 Å². The molecule has 0 aromatic heterocycles. The summed E-state index contributed by atoms with van der Waals surface area (Å²) < 4.78 is 0. The quantitative estimate of drug-likeness (QED) is 0.574. The van der Waals surface area contributed by atoms with Gasteiger partial charge in [0.1, 0.15) is 5.82 Å². The average molecular weight is 312 g/mol. The van der Waals surface area contributed by atoms with E-state index in [-0.39, 0.29) is 0 Å². The van der Waals surface area contributed by atoms with Gasteiger partial charge in [-0.1, -0.05) is 73.3 Å². The summed E-state index contributed by atoms with van der Waals surface area (Å²) >= 11 is 0. The van der Waals surface area contributed by atoms with Crippen LogP contribution in [-0.4, -0.2) is 6.21 Å². The van der Waals surface area contributed by atoms with Crippen LogP contribution in [-0.2, 0) is 0 Å². The van der Waals surface area contributed by atoms with Crippen molar-refractivity contribution >= 4 is 11.9 Å². The molecule has 0 bridgehead atoms. The van der Waals surface area contributed by atoms with Gasteiger partial charge in [0.25, 0.3) is 0 Å². The third kappa shape index (κ3) is 3.79. The van der Waals surface area contributed by atoms with Crippen LogP contribution in [0.15, 0.2) is 96.3 Å². The van der Waals surface area contributed by atoms with Crippen molar-refractivity contribution in [1.29, 1.82) is 0 Å². The molecule has 2 nitrogen and oxygen atoms in total. The maximum atomic E-state index is 4.11. The second kappa shape index (κ2) is 7.42. The minimum atomic E-state index is 0.637. The number of aliphatic imine (C=N–C) groups is 1. The van der Waals surface area contributed by atoms with Crippen LogP contribution in [0.5, 0.6) is 0 Å². The lowest BCUT2D eigenvalue weighted by molar-refractivity contribution is 1.33. The summed E-state index contributed by atoms with van der Waals surface area (Å²) in [6.45, 7) is 5.72. The third-order valence-corrected chi connectivity index (χ3v) is 3.78. The molecule has 0 saturated carbocycles. The Morgan fingerprint density at radius 1 is 0.750 bits per heavy atom. The van der Waals surface area contributed by atoms with Crippen LogP contribution >= 0.6 is 0 Å². The van der Waals surface area contributed by atoms with Gasteiger partial charge in [-0.15, -0.1) is 0 Å². The number of nitrogens with one attached hydrogen (secondary N) is 1. The van der Waals surface area contributed by atoms with E-state index in [4.69, 9.17) is 0 Å². The lowest BCUT2D eigenvalue weighted by Crippen LogP contribution is -1.95. The molecule has 3 aromatic rings. The lowest BCUT2D eigenvalue weighted by Gasteiger charge is -2.08. The fourth-order valence-electron chi connectivity index (χ4n) is 2.59. The van der Waals surface area contributed by atoms with Crippen molar-refractivity contribution < 1.29 is 0 Å². The second-order valence-electron chi connectivity index (χ2n) is 5.48. The highest BCUT2D eigenvalue weighted by atomic mass is 15.0. The zero-order valence-corrected chi connectivity index (χ0v) is 13.7. The van der Waals surface area contributed by atoms with E-state index in [0.717, 1.165) is 5.69 Å². The number of benzene rings is 3. The molecule has 0 fully saturated rings. The summed E-state index contributed by atoms with van der Waals surface area (Å²) in [7, 11) is 0. The Morgan fingerprint density at radius 3 is 1.71 bits per heavy atom. The first-order valence-corrected chi connectivity index (χ1v) is 7.97. The van der Waals surface area contributed by atoms with Gasteiger partial charge in [0.2, 0.25) is 0 Å². The minimum absolute atomic E-state index is 0.637. The number of rotatable bonds is 5. The van der Waals surface area contributed by atoms with Crippen molar-refractivity contribution in [2.24, 2.45) is 4.99 Å². The van der Waals surface area contributed by atoms with Crippen molar-refractivity contribution in [3.8, 4) is 22.3 Å². The SMILES string of the molecule is C=C(/N=C\C)Nc1ccc(-c2ccc(-c3ccccc3)cc2)cc1. The monoisotopic (exact) mass is 312 g/mol. The maximum Gasteiger partial charge on any atom is 0.122 e. The molecule has 0 saturated heterocycles. The molecular weight excluding hydrogens is 292 g/mol. The van der Waals surface area contributed by atoms with Crippen LogP contribution in [0.2, 0.25) is 0 Å². The zero-order chi connectivity index (χ0) is 16.8. The molecule has 24 heavy (non-hydrogen) atoms. The predicted octanol–water partition coefficient (Wildman–Crippen LogP) is 5.99. The van der Waals surface area contributed by atoms with Gasteiger partial charge in [-0.2, -0.15) is 0 Å². The second-order valence-corrected chi connectivity index (χ2v) is 5.48. The topological polar surface area (TPSA) is 24.4 Å². The highest BCUT2D eigenvalue weighted by Crippen LogP contribution is 2.26. The van der Waals surface area contributed by atoms with Gasteiger partial charge in [0, 0.05) is 11.9 Å². The largest absolute Gasteiger partial charge is 0.341 e. The van der Waals surface area contributed by atoms with Gasteiger partial charge in [-0.3, -0.25) is 0 Å². The van der Waals surface area contributed by atoms with Crippen molar-refractivity contribution in [1.82, 2.24) is 0 Å². The lowest BCUT2D eigenvalue weighted by atomic mass is 10.0. The highest BCUT2D eigenvalue weighted by molar-refractivity contribution is 5.71. The Kier molecular flexibility index (Phi) is 4.87. The average Bonchev–Trinajstić information content (AvgIpc) is 2.63. The number of anilines is 1. The Labute approximate surface area is 143 Å². The standard InChI is InChI=1S/C22H20N2/c1-3-23-17(2)24-22-15-13-21(14-16-22)20-11-9-19(10-12-20)18-7-5-4-6-8-18/h3-16,24H,2H2,1H3/b23-3-. The van der Waals surface area contributed by atoms with Crippen LogP contribution < -0.4 is 5.32 Å². The fraction of sp³-hybridized carbons (Fsp3) is 0.0455. The highest BCUT2D eigenvalue weighted by Gasteiger charge is 2.01.